The standard InChI is InChI=1S/C50H37NO6S/c1-3-47(52)56-25-23-54-38-21-18-34-27-36(19-17-35(34)28-38)50(42-14-8-7-13-39(42)40-29-32-11-5-6-12-33(32)30-43(40)50)37-20-22-45(55-24-26-57-48(53)4-2)41(31-37)49-51-44-15-9-10-16-46(44)58-49/h3-22,27-31H,1-2,23-26H2. The van der Waals surface area contributed by atoms with Gasteiger partial charge < -0.3 is 18.9 Å². The van der Waals surface area contributed by atoms with Crippen molar-refractivity contribution in [3.05, 3.63) is 187 Å². The van der Waals surface area contributed by atoms with E-state index < -0.39 is 17.4 Å². The predicted molar refractivity (Wildman–Crippen MR) is 231 cm³/mol. The molecule has 58 heavy (non-hydrogen) atoms. The largest absolute Gasteiger partial charge is 0.490 e. The summed E-state index contributed by atoms with van der Waals surface area (Å²) in [5.74, 6) is 0.350. The van der Waals surface area contributed by atoms with Crippen molar-refractivity contribution in [1.29, 1.82) is 0 Å². The average Bonchev–Trinajstić information content (AvgIpc) is 3.83. The number of hydrogen-bond acceptors (Lipinski definition) is 8. The molecule has 7 nitrogen and oxygen atoms in total. The zero-order valence-electron chi connectivity index (χ0n) is 31.5. The summed E-state index contributed by atoms with van der Waals surface area (Å²) in [7, 11) is 0. The van der Waals surface area contributed by atoms with Crippen LogP contribution in [0.3, 0.4) is 0 Å². The van der Waals surface area contributed by atoms with E-state index in [2.05, 4.69) is 116 Å². The summed E-state index contributed by atoms with van der Waals surface area (Å²) in [6.07, 6.45) is 2.29. The van der Waals surface area contributed by atoms with Crippen LogP contribution in [0.5, 0.6) is 11.5 Å². The summed E-state index contributed by atoms with van der Waals surface area (Å²) in [6, 6.07) is 49.1. The number of thiazole rings is 1. The first-order valence-electron chi connectivity index (χ1n) is 19.0. The van der Waals surface area contributed by atoms with E-state index in [0.717, 1.165) is 60.2 Å². The number of ether oxygens (including phenoxy) is 4. The van der Waals surface area contributed by atoms with Crippen LogP contribution in [0.4, 0.5) is 0 Å². The average molecular weight is 780 g/mol. The second-order valence-electron chi connectivity index (χ2n) is 13.9. The van der Waals surface area contributed by atoms with Crippen LogP contribution in [0, 0.1) is 0 Å². The van der Waals surface area contributed by atoms with Gasteiger partial charge in [-0.2, -0.15) is 0 Å². The number of para-hydroxylation sites is 1. The Hall–Kier alpha value is -7.03. The van der Waals surface area contributed by atoms with E-state index in [0.29, 0.717) is 11.5 Å². The molecule has 9 rings (SSSR count). The van der Waals surface area contributed by atoms with Crippen LogP contribution < -0.4 is 9.47 Å². The van der Waals surface area contributed by atoms with Gasteiger partial charge in [0.1, 0.15) is 42.9 Å². The topological polar surface area (TPSA) is 84.0 Å². The van der Waals surface area contributed by atoms with E-state index in [1.54, 1.807) is 11.3 Å². The molecule has 0 bridgehead atoms. The van der Waals surface area contributed by atoms with Gasteiger partial charge in [-0.3, -0.25) is 0 Å². The van der Waals surface area contributed by atoms with Crippen molar-refractivity contribution in [2.24, 2.45) is 0 Å². The quantitative estimate of drug-likeness (QED) is 0.0654. The van der Waals surface area contributed by atoms with Gasteiger partial charge >= 0.3 is 11.9 Å². The molecule has 8 aromatic rings. The van der Waals surface area contributed by atoms with Crippen molar-refractivity contribution in [1.82, 2.24) is 4.98 Å². The van der Waals surface area contributed by atoms with Crippen molar-refractivity contribution in [2.45, 2.75) is 5.41 Å². The molecule has 1 aromatic heterocycles. The molecule has 1 atom stereocenters. The highest BCUT2D eigenvalue weighted by molar-refractivity contribution is 7.21. The number of fused-ring (bicyclic) bond motifs is 6. The second kappa shape index (κ2) is 15.5. The Morgan fingerprint density at radius 3 is 2.00 bits per heavy atom. The third-order valence-electron chi connectivity index (χ3n) is 10.6. The summed E-state index contributed by atoms with van der Waals surface area (Å²) in [6.45, 7) is 7.54. The van der Waals surface area contributed by atoms with E-state index in [9.17, 15) is 9.59 Å². The third-order valence-corrected chi connectivity index (χ3v) is 11.7. The maximum absolute atomic E-state index is 11.8. The van der Waals surface area contributed by atoms with Crippen molar-refractivity contribution in [2.75, 3.05) is 26.4 Å². The Bertz CT molecular complexity index is 2880. The van der Waals surface area contributed by atoms with Gasteiger partial charge in [-0.1, -0.05) is 98.1 Å². The minimum absolute atomic E-state index is 0.0796. The molecule has 0 fully saturated rings. The Morgan fingerprint density at radius 1 is 0.569 bits per heavy atom. The van der Waals surface area contributed by atoms with E-state index in [1.807, 2.05) is 36.4 Å². The molecule has 0 aliphatic heterocycles. The fourth-order valence-electron chi connectivity index (χ4n) is 8.06. The molecule has 0 N–H and O–H groups in total. The molecule has 0 spiro atoms. The molecule has 1 heterocycles. The van der Waals surface area contributed by atoms with E-state index in [-0.39, 0.29) is 26.4 Å². The van der Waals surface area contributed by atoms with Crippen LogP contribution in [-0.2, 0) is 24.5 Å². The lowest BCUT2D eigenvalue weighted by molar-refractivity contribution is -0.139. The maximum Gasteiger partial charge on any atom is 0.330 e. The number of esters is 2. The van der Waals surface area contributed by atoms with Crippen LogP contribution in [0.25, 0.3) is 53.5 Å². The highest BCUT2D eigenvalue weighted by atomic mass is 32.1. The second-order valence-corrected chi connectivity index (χ2v) is 14.9. The SMILES string of the molecule is C=CC(=O)OCCOc1ccc2cc(C3(c4ccc(OCCOC(=O)C=C)c(-c5nc6ccccc6s5)c4)c4ccccc4-c4cc5ccccc5cc43)ccc2c1. The number of carbonyl (C=O) groups excluding carboxylic acids is 2. The lowest BCUT2D eigenvalue weighted by atomic mass is 9.67. The first-order valence-corrected chi connectivity index (χ1v) is 19.8. The predicted octanol–water partition coefficient (Wildman–Crippen LogP) is 10.8. The molecule has 0 amide bonds. The van der Waals surface area contributed by atoms with Crippen molar-refractivity contribution >= 4 is 55.0 Å². The van der Waals surface area contributed by atoms with Gasteiger partial charge in [0.25, 0.3) is 0 Å². The number of carbonyl (C=O) groups is 2. The van der Waals surface area contributed by atoms with Gasteiger partial charge in [0, 0.05) is 12.2 Å². The summed E-state index contributed by atoms with van der Waals surface area (Å²) >= 11 is 1.61. The van der Waals surface area contributed by atoms with Gasteiger partial charge in [0.05, 0.1) is 21.2 Å². The van der Waals surface area contributed by atoms with Crippen LogP contribution in [-0.4, -0.2) is 43.4 Å². The maximum atomic E-state index is 11.8. The molecule has 1 aliphatic rings. The number of hydrogen-bond donors (Lipinski definition) is 0. The summed E-state index contributed by atoms with van der Waals surface area (Å²) in [5.41, 5.74) is 7.89. The number of rotatable bonds is 13. The van der Waals surface area contributed by atoms with Crippen molar-refractivity contribution in [3.63, 3.8) is 0 Å². The highest BCUT2D eigenvalue weighted by Gasteiger charge is 2.46. The monoisotopic (exact) mass is 779 g/mol. The van der Waals surface area contributed by atoms with Gasteiger partial charge in [-0.25, -0.2) is 14.6 Å². The Labute approximate surface area is 339 Å². The fourth-order valence-corrected chi connectivity index (χ4v) is 9.04. The molecule has 0 radical (unpaired) electrons. The molecule has 8 heteroatoms. The molecule has 1 aliphatic carbocycles. The molecule has 0 saturated heterocycles. The van der Waals surface area contributed by atoms with E-state index >= 15 is 0 Å². The Morgan fingerprint density at radius 2 is 1.21 bits per heavy atom. The zero-order chi connectivity index (χ0) is 39.6. The summed E-state index contributed by atoms with van der Waals surface area (Å²) in [5, 5.41) is 5.22. The highest BCUT2D eigenvalue weighted by Crippen LogP contribution is 2.58. The van der Waals surface area contributed by atoms with E-state index in [1.165, 1.54) is 27.6 Å². The van der Waals surface area contributed by atoms with Crippen molar-refractivity contribution in [3.8, 4) is 33.2 Å². The van der Waals surface area contributed by atoms with Gasteiger partial charge in [0.15, 0.2) is 0 Å². The van der Waals surface area contributed by atoms with Crippen molar-refractivity contribution < 1.29 is 28.5 Å². The minimum Gasteiger partial charge on any atom is -0.490 e. The lowest BCUT2D eigenvalue weighted by Crippen LogP contribution is -2.28. The number of aromatic nitrogens is 1. The third kappa shape index (κ3) is 6.57. The van der Waals surface area contributed by atoms with Crippen LogP contribution >= 0.6 is 11.3 Å². The summed E-state index contributed by atoms with van der Waals surface area (Å²) in [4.78, 5) is 28.4. The van der Waals surface area contributed by atoms with Gasteiger partial charge in [-0.15, -0.1) is 11.3 Å². The van der Waals surface area contributed by atoms with Gasteiger partial charge in [0.2, 0.25) is 0 Å². The summed E-state index contributed by atoms with van der Waals surface area (Å²) < 4.78 is 23.7. The molecular weight excluding hydrogens is 743 g/mol. The zero-order valence-corrected chi connectivity index (χ0v) is 32.3. The first-order chi connectivity index (χ1) is 28.5. The molecule has 7 aromatic carbocycles. The van der Waals surface area contributed by atoms with E-state index in [4.69, 9.17) is 23.9 Å². The Balaban J connectivity index is 1.23. The molecule has 1 unspecified atom stereocenters. The minimum atomic E-state index is -0.738. The van der Waals surface area contributed by atoms with Crippen LogP contribution in [0.1, 0.15) is 22.3 Å². The Kier molecular flexibility index (Phi) is 9.77. The normalized spacial score (nSPS) is 14.1. The number of nitrogens with zero attached hydrogens (tertiary/aromatic N) is 1. The molecule has 0 saturated carbocycles. The molecule has 284 valence electrons. The van der Waals surface area contributed by atoms with Crippen LogP contribution in [0.15, 0.2) is 165 Å². The number of benzene rings is 7. The smallest absolute Gasteiger partial charge is 0.330 e. The van der Waals surface area contributed by atoms with Crippen LogP contribution in [0.2, 0.25) is 0 Å². The van der Waals surface area contributed by atoms with Gasteiger partial charge in [-0.05, 0) is 110 Å². The lowest BCUT2D eigenvalue weighted by Gasteiger charge is -2.34. The first kappa shape index (κ1) is 36.6. The molecular formula is C50H37NO6S. The fraction of sp³-hybridized carbons (Fsp3) is 0.100.